The van der Waals surface area contributed by atoms with Crippen LogP contribution in [0.25, 0.3) is 0 Å². The van der Waals surface area contributed by atoms with Gasteiger partial charge in [-0.2, -0.15) is 5.48 Å². The predicted molar refractivity (Wildman–Crippen MR) is 66.4 cm³/mol. The maximum Gasteiger partial charge on any atom is 0.137 e. The molecule has 0 saturated carbocycles. The molecule has 0 unspecified atom stereocenters. The predicted octanol–water partition coefficient (Wildman–Crippen LogP) is 2.81. The van der Waals surface area contributed by atoms with Gasteiger partial charge in [-0.15, -0.1) is 0 Å². The Morgan fingerprint density at radius 2 is 2.25 bits per heavy atom. The molecule has 1 aliphatic rings. The first-order valence-electron chi connectivity index (χ1n) is 5.28. The minimum atomic E-state index is -0.0990. The second-order valence-corrected chi connectivity index (χ2v) is 5.48. The summed E-state index contributed by atoms with van der Waals surface area (Å²) in [6, 6.07) is 4.23. The van der Waals surface area contributed by atoms with Crippen molar-refractivity contribution in [3.63, 3.8) is 0 Å². The largest absolute Gasteiger partial charge is 0.486 e. The molecule has 0 radical (unpaired) electrons. The summed E-state index contributed by atoms with van der Waals surface area (Å²) in [7, 11) is 1.62. The van der Waals surface area contributed by atoms with Crippen molar-refractivity contribution in [3.8, 4) is 5.75 Å². The first kappa shape index (κ1) is 11.9. The first-order valence-corrected chi connectivity index (χ1v) is 6.07. The SMILES string of the molecule is CONCc1cc(Br)c2c(c1)CC(C)(C)O2. The lowest BCUT2D eigenvalue weighted by molar-refractivity contribution is 0.0867. The molecule has 1 heterocycles. The molecule has 0 spiro atoms. The van der Waals surface area contributed by atoms with E-state index in [1.54, 1.807) is 7.11 Å². The lowest BCUT2D eigenvalue weighted by Gasteiger charge is -2.17. The molecule has 0 bridgehead atoms. The molecule has 0 saturated heterocycles. The van der Waals surface area contributed by atoms with Crippen LogP contribution in [0.5, 0.6) is 5.75 Å². The number of nitrogens with one attached hydrogen (secondary N) is 1. The summed E-state index contributed by atoms with van der Waals surface area (Å²) < 4.78 is 6.90. The average Bonchev–Trinajstić information content (AvgIpc) is 2.50. The van der Waals surface area contributed by atoms with E-state index in [0.29, 0.717) is 6.54 Å². The van der Waals surface area contributed by atoms with Gasteiger partial charge in [-0.05, 0) is 47.0 Å². The maximum atomic E-state index is 5.89. The van der Waals surface area contributed by atoms with E-state index < -0.39 is 0 Å². The number of fused-ring (bicyclic) bond motifs is 1. The number of rotatable bonds is 3. The molecule has 88 valence electrons. The van der Waals surface area contributed by atoms with Gasteiger partial charge in [0.05, 0.1) is 11.6 Å². The van der Waals surface area contributed by atoms with Gasteiger partial charge in [0.25, 0.3) is 0 Å². The Balaban J connectivity index is 2.27. The molecule has 2 rings (SSSR count). The summed E-state index contributed by atoms with van der Waals surface area (Å²) in [4.78, 5) is 4.85. The fraction of sp³-hybridized carbons (Fsp3) is 0.500. The van der Waals surface area contributed by atoms with Crippen LogP contribution in [0.3, 0.4) is 0 Å². The van der Waals surface area contributed by atoms with Gasteiger partial charge >= 0.3 is 0 Å². The molecule has 16 heavy (non-hydrogen) atoms. The van der Waals surface area contributed by atoms with E-state index in [1.807, 2.05) is 0 Å². The Hall–Kier alpha value is -0.580. The zero-order valence-electron chi connectivity index (χ0n) is 9.76. The van der Waals surface area contributed by atoms with E-state index in [0.717, 1.165) is 16.6 Å². The Labute approximate surface area is 104 Å². The minimum absolute atomic E-state index is 0.0990. The highest BCUT2D eigenvalue weighted by atomic mass is 79.9. The average molecular weight is 286 g/mol. The fourth-order valence-corrected chi connectivity index (χ4v) is 2.62. The van der Waals surface area contributed by atoms with Gasteiger partial charge in [-0.1, -0.05) is 6.07 Å². The van der Waals surface area contributed by atoms with E-state index in [2.05, 4.69) is 47.4 Å². The second-order valence-electron chi connectivity index (χ2n) is 4.63. The summed E-state index contributed by atoms with van der Waals surface area (Å²) in [5, 5.41) is 0. The van der Waals surface area contributed by atoms with Crippen LogP contribution >= 0.6 is 15.9 Å². The topological polar surface area (TPSA) is 30.5 Å². The third kappa shape index (κ3) is 2.39. The van der Waals surface area contributed by atoms with Crippen molar-refractivity contribution in [1.82, 2.24) is 5.48 Å². The Morgan fingerprint density at radius 3 is 2.94 bits per heavy atom. The van der Waals surface area contributed by atoms with Gasteiger partial charge in [0, 0.05) is 13.0 Å². The van der Waals surface area contributed by atoms with Crippen molar-refractivity contribution in [2.24, 2.45) is 0 Å². The zero-order chi connectivity index (χ0) is 11.8. The molecular weight excluding hydrogens is 270 g/mol. The molecule has 1 aromatic rings. The van der Waals surface area contributed by atoms with Crippen molar-refractivity contribution in [3.05, 3.63) is 27.7 Å². The Kier molecular flexibility index (Phi) is 3.24. The molecule has 0 atom stereocenters. The summed E-state index contributed by atoms with van der Waals surface area (Å²) >= 11 is 3.55. The summed E-state index contributed by atoms with van der Waals surface area (Å²) in [6.07, 6.45) is 0.946. The summed E-state index contributed by atoms with van der Waals surface area (Å²) in [5.74, 6) is 0.978. The normalized spacial score (nSPS) is 17.0. The molecule has 1 N–H and O–H groups in total. The lowest BCUT2D eigenvalue weighted by atomic mass is 10.0. The van der Waals surface area contributed by atoms with Crippen molar-refractivity contribution in [2.75, 3.05) is 7.11 Å². The Morgan fingerprint density at radius 1 is 1.50 bits per heavy atom. The lowest BCUT2D eigenvalue weighted by Crippen LogP contribution is -2.24. The third-order valence-electron chi connectivity index (χ3n) is 2.60. The molecule has 4 heteroatoms. The molecule has 1 aliphatic heterocycles. The first-order chi connectivity index (χ1) is 7.52. The van der Waals surface area contributed by atoms with Crippen LogP contribution in [0.1, 0.15) is 25.0 Å². The Bertz CT molecular complexity index is 404. The van der Waals surface area contributed by atoms with E-state index in [1.165, 1.54) is 11.1 Å². The van der Waals surface area contributed by atoms with E-state index in [-0.39, 0.29) is 5.60 Å². The van der Waals surface area contributed by atoms with Gasteiger partial charge in [0.15, 0.2) is 0 Å². The third-order valence-corrected chi connectivity index (χ3v) is 3.18. The van der Waals surface area contributed by atoms with Crippen molar-refractivity contribution in [1.29, 1.82) is 0 Å². The van der Waals surface area contributed by atoms with Crippen LogP contribution in [0.4, 0.5) is 0 Å². The zero-order valence-corrected chi connectivity index (χ0v) is 11.3. The van der Waals surface area contributed by atoms with E-state index in [4.69, 9.17) is 9.57 Å². The molecular formula is C12H16BrNO2. The van der Waals surface area contributed by atoms with Gasteiger partial charge < -0.3 is 9.57 Å². The van der Waals surface area contributed by atoms with Gasteiger partial charge in [-0.25, -0.2) is 0 Å². The highest BCUT2D eigenvalue weighted by Gasteiger charge is 2.31. The molecule has 0 aliphatic carbocycles. The van der Waals surface area contributed by atoms with Gasteiger partial charge in [0.2, 0.25) is 0 Å². The van der Waals surface area contributed by atoms with E-state index >= 15 is 0 Å². The van der Waals surface area contributed by atoms with Crippen molar-refractivity contribution in [2.45, 2.75) is 32.4 Å². The van der Waals surface area contributed by atoms with Crippen LogP contribution in [-0.4, -0.2) is 12.7 Å². The molecule has 0 amide bonds. The number of benzene rings is 1. The van der Waals surface area contributed by atoms with Crippen LogP contribution < -0.4 is 10.2 Å². The number of hydrogen-bond acceptors (Lipinski definition) is 3. The number of hydroxylamine groups is 1. The van der Waals surface area contributed by atoms with Crippen LogP contribution in [0.2, 0.25) is 0 Å². The quantitative estimate of drug-likeness (QED) is 0.867. The smallest absolute Gasteiger partial charge is 0.137 e. The molecule has 0 aromatic heterocycles. The molecule has 3 nitrogen and oxygen atoms in total. The molecule has 1 aromatic carbocycles. The van der Waals surface area contributed by atoms with Crippen LogP contribution in [0, 0.1) is 0 Å². The minimum Gasteiger partial charge on any atom is -0.486 e. The summed E-state index contributed by atoms with van der Waals surface area (Å²) in [6.45, 7) is 4.90. The monoisotopic (exact) mass is 285 g/mol. The van der Waals surface area contributed by atoms with Crippen molar-refractivity contribution >= 4 is 15.9 Å². The highest BCUT2D eigenvalue weighted by Crippen LogP contribution is 2.41. The van der Waals surface area contributed by atoms with Gasteiger partial charge in [0.1, 0.15) is 11.4 Å². The maximum absolute atomic E-state index is 5.89. The molecule has 0 fully saturated rings. The summed E-state index contributed by atoms with van der Waals surface area (Å²) in [5.41, 5.74) is 5.19. The highest BCUT2D eigenvalue weighted by molar-refractivity contribution is 9.10. The van der Waals surface area contributed by atoms with Crippen LogP contribution in [-0.2, 0) is 17.8 Å². The second kappa shape index (κ2) is 4.35. The number of ether oxygens (including phenoxy) is 1. The van der Waals surface area contributed by atoms with Gasteiger partial charge in [-0.3, -0.25) is 0 Å². The number of halogens is 1. The van der Waals surface area contributed by atoms with Crippen molar-refractivity contribution < 1.29 is 9.57 Å². The van der Waals surface area contributed by atoms with E-state index in [9.17, 15) is 0 Å². The number of hydrogen-bond donors (Lipinski definition) is 1. The van der Waals surface area contributed by atoms with Crippen LogP contribution in [0.15, 0.2) is 16.6 Å². The standard InChI is InChI=1S/C12H16BrNO2/c1-12(2)6-9-4-8(7-14-15-3)5-10(13)11(9)16-12/h4-5,14H,6-7H2,1-3H3. The fourth-order valence-electron chi connectivity index (χ4n) is 1.99.